The number of nitriles is 1. The summed E-state index contributed by atoms with van der Waals surface area (Å²) in [6.07, 6.45) is 0. The van der Waals surface area contributed by atoms with Gasteiger partial charge in [-0.15, -0.1) is 0 Å². The maximum Gasteiger partial charge on any atom is 0.320 e. The van der Waals surface area contributed by atoms with Gasteiger partial charge >= 0.3 is 5.69 Å². The van der Waals surface area contributed by atoms with E-state index in [1.54, 1.807) is 43.3 Å². The molecule has 0 aliphatic heterocycles. The van der Waals surface area contributed by atoms with Crippen molar-refractivity contribution in [3.63, 3.8) is 0 Å². The van der Waals surface area contributed by atoms with Crippen LogP contribution in [0.25, 0.3) is 11.1 Å². The van der Waals surface area contributed by atoms with Crippen LogP contribution in [0.15, 0.2) is 42.5 Å². The van der Waals surface area contributed by atoms with Gasteiger partial charge in [-0.25, -0.2) is 0 Å². The molecule has 0 bridgehead atoms. The molecule has 0 unspecified atom stereocenters. The van der Waals surface area contributed by atoms with E-state index in [9.17, 15) is 10.1 Å². The molecule has 0 spiro atoms. The number of hydrogen-bond donors (Lipinski definition) is 0. The number of rotatable bonds is 4. The van der Waals surface area contributed by atoms with Crippen LogP contribution in [-0.2, 0) is 0 Å². The van der Waals surface area contributed by atoms with E-state index in [4.69, 9.17) is 10.00 Å². The van der Waals surface area contributed by atoms with Crippen molar-refractivity contribution in [2.45, 2.75) is 6.92 Å². The Kier molecular flexibility index (Phi) is 3.96. The second-order valence-electron chi connectivity index (χ2n) is 4.01. The quantitative estimate of drug-likeness (QED) is 0.627. The third-order valence-electron chi connectivity index (χ3n) is 2.81. The molecule has 0 aromatic heterocycles. The summed E-state index contributed by atoms with van der Waals surface area (Å²) in [5.41, 5.74) is 1.15. The first-order chi connectivity index (χ1) is 9.69. The molecule has 0 radical (unpaired) electrons. The number of hydrogen-bond acceptors (Lipinski definition) is 4. The Hall–Kier alpha value is -2.87. The Morgan fingerprint density at radius 3 is 2.50 bits per heavy atom. The van der Waals surface area contributed by atoms with Crippen molar-refractivity contribution in [1.82, 2.24) is 0 Å². The Morgan fingerprint density at radius 2 is 1.95 bits per heavy atom. The maximum absolute atomic E-state index is 11.4. The number of nitro groups is 1. The molecule has 0 atom stereocenters. The monoisotopic (exact) mass is 268 g/mol. The van der Waals surface area contributed by atoms with Gasteiger partial charge in [0, 0.05) is 0 Å². The van der Waals surface area contributed by atoms with E-state index in [0.717, 1.165) is 0 Å². The molecule has 0 aliphatic rings. The standard InChI is InChI=1S/C15H12N2O3/c1-2-20-15-12(10-16)8-9-13(14(15)17(18)19)11-6-4-3-5-7-11/h3-9H,2H2,1H3. The van der Waals surface area contributed by atoms with Crippen LogP contribution in [0, 0.1) is 21.4 Å². The highest BCUT2D eigenvalue weighted by atomic mass is 16.6. The molecule has 0 aliphatic carbocycles. The second kappa shape index (κ2) is 5.85. The minimum Gasteiger partial charge on any atom is -0.486 e. The molecule has 2 aromatic carbocycles. The van der Waals surface area contributed by atoms with Gasteiger partial charge in [0.2, 0.25) is 5.75 Å². The number of nitrogens with zero attached hydrogens (tertiary/aromatic N) is 2. The van der Waals surface area contributed by atoms with Crippen molar-refractivity contribution < 1.29 is 9.66 Å². The molecule has 0 heterocycles. The summed E-state index contributed by atoms with van der Waals surface area (Å²) >= 11 is 0. The zero-order chi connectivity index (χ0) is 14.5. The van der Waals surface area contributed by atoms with E-state index in [1.807, 2.05) is 12.1 Å². The van der Waals surface area contributed by atoms with Crippen molar-refractivity contribution in [2.75, 3.05) is 6.61 Å². The molecule has 0 saturated heterocycles. The molecular formula is C15H12N2O3. The summed E-state index contributed by atoms with van der Waals surface area (Å²) in [6.45, 7) is 1.98. The normalized spacial score (nSPS) is 9.80. The van der Waals surface area contributed by atoms with Gasteiger partial charge < -0.3 is 4.74 Å². The smallest absolute Gasteiger partial charge is 0.320 e. The van der Waals surface area contributed by atoms with E-state index in [0.29, 0.717) is 11.1 Å². The zero-order valence-electron chi connectivity index (χ0n) is 10.9. The van der Waals surface area contributed by atoms with Crippen LogP contribution in [0.2, 0.25) is 0 Å². The van der Waals surface area contributed by atoms with Crippen LogP contribution >= 0.6 is 0 Å². The van der Waals surface area contributed by atoms with Gasteiger partial charge in [0.25, 0.3) is 0 Å². The number of benzene rings is 2. The van der Waals surface area contributed by atoms with Gasteiger partial charge in [0.1, 0.15) is 11.6 Å². The SMILES string of the molecule is CCOc1c(C#N)ccc(-c2ccccc2)c1[N+](=O)[O-]. The van der Waals surface area contributed by atoms with E-state index in [2.05, 4.69) is 0 Å². The minimum atomic E-state index is -0.506. The van der Waals surface area contributed by atoms with Gasteiger partial charge in [0.05, 0.1) is 17.1 Å². The molecule has 5 heteroatoms. The summed E-state index contributed by atoms with van der Waals surface area (Å²) < 4.78 is 5.32. The Balaban J connectivity index is 2.74. The third-order valence-corrected chi connectivity index (χ3v) is 2.81. The highest BCUT2D eigenvalue weighted by Gasteiger charge is 2.25. The maximum atomic E-state index is 11.4. The molecule has 0 fully saturated rings. The van der Waals surface area contributed by atoms with Crippen molar-refractivity contribution in [3.8, 4) is 22.9 Å². The van der Waals surface area contributed by atoms with Crippen LogP contribution < -0.4 is 4.74 Å². The lowest BCUT2D eigenvalue weighted by Crippen LogP contribution is -2.02. The molecule has 20 heavy (non-hydrogen) atoms. The highest BCUT2D eigenvalue weighted by molar-refractivity contribution is 5.79. The summed E-state index contributed by atoms with van der Waals surface area (Å²) in [5, 5.41) is 20.4. The molecule has 100 valence electrons. The van der Waals surface area contributed by atoms with Crippen LogP contribution in [0.4, 0.5) is 5.69 Å². The van der Waals surface area contributed by atoms with Crippen LogP contribution in [0.1, 0.15) is 12.5 Å². The van der Waals surface area contributed by atoms with E-state index < -0.39 is 4.92 Å². The molecule has 0 N–H and O–H groups in total. The first-order valence-electron chi connectivity index (χ1n) is 6.08. The van der Waals surface area contributed by atoms with Crippen molar-refractivity contribution in [2.24, 2.45) is 0 Å². The zero-order valence-corrected chi connectivity index (χ0v) is 10.9. The fourth-order valence-corrected chi connectivity index (χ4v) is 1.98. The minimum absolute atomic E-state index is 0.0290. The fourth-order valence-electron chi connectivity index (χ4n) is 1.98. The van der Waals surface area contributed by atoms with Crippen LogP contribution in [0.3, 0.4) is 0 Å². The Labute approximate surface area is 116 Å². The average molecular weight is 268 g/mol. The first-order valence-corrected chi connectivity index (χ1v) is 6.08. The van der Waals surface area contributed by atoms with Crippen LogP contribution in [0.5, 0.6) is 5.75 Å². The van der Waals surface area contributed by atoms with E-state index in [-0.39, 0.29) is 23.6 Å². The predicted octanol–water partition coefficient (Wildman–Crippen LogP) is 3.53. The molecule has 2 rings (SSSR count). The van der Waals surface area contributed by atoms with Gasteiger partial charge in [-0.1, -0.05) is 30.3 Å². The lowest BCUT2D eigenvalue weighted by Gasteiger charge is -2.10. The van der Waals surface area contributed by atoms with Crippen molar-refractivity contribution in [3.05, 3.63) is 58.1 Å². The summed E-state index contributed by atoms with van der Waals surface area (Å²) in [7, 11) is 0. The largest absolute Gasteiger partial charge is 0.486 e. The molecule has 0 saturated carbocycles. The third kappa shape index (κ3) is 2.45. The van der Waals surface area contributed by atoms with Gasteiger partial charge in [0.15, 0.2) is 0 Å². The summed E-state index contributed by atoms with van der Waals surface area (Å²) in [4.78, 5) is 10.9. The second-order valence-corrected chi connectivity index (χ2v) is 4.01. The van der Waals surface area contributed by atoms with Gasteiger partial charge in [-0.3, -0.25) is 10.1 Å². The number of ether oxygens (including phenoxy) is 1. The lowest BCUT2D eigenvalue weighted by atomic mass is 10.0. The number of nitro benzene ring substituents is 1. The fraction of sp³-hybridized carbons (Fsp3) is 0.133. The van der Waals surface area contributed by atoms with Gasteiger partial charge in [-0.05, 0) is 24.6 Å². The van der Waals surface area contributed by atoms with Crippen molar-refractivity contribution >= 4 is 5.69 Å². The van der Waals surface area contributed by atoms with Gasteiger partial charge in [-0.2, -0.15) is 5.26 Å². The first kappa shape index (κ1) is 13.6. The molecule has 2 aromatic rings. The highest BCUT2D eigenvalue weighted by Crippen LogP contribution is 2.40. The summed E-state index contributed by atoms with van der Waals surface area (Å²) in [5.74, 6) is 0.0290. The lowest BCUT2D eigenvalue weighted by molar-refractivity contribution is -0.385. The van der Waals surface area contributed by atoms with Crippen LogP contribution in [-0.4, -0.2) is 11.5 Å². The molecule has 0 amide bonds. The Morgan fingerprint density at radius 1 is 1.25 bits per heavy atom. The predicted molar refractivity (Wildman–Crippen MR) is 74.4 cm³/mol. The van der Waals surface area contributed by atoms with Crippen molar-refractivity contribution in [1.29, 1.82) is 5.26 Å². The van der Waals surface area contributed by atoms with E-state index in [1.165, 1.54) is 0 Å². The topological polar surface area (TPSA) is 76.2 Å². The Bertz CT molecular complexity index is 676. The average Bonchev–Trinajstić information content (AvgIpc) is 2.47. The molecular weight excluding hydrogens is 256 g/mol. The van der Waals surface area contributed by atoms with E-state index >= 15 is 0 Å². The summed E-state index contributed by atoms with van der Waals surface area (Å²) in [6, 6.07) is 14.1. The molecule has 5 nitrogen and oxygen atoms in total.